The van der Waals surface area contributed by atoms with Crippen LogP contribution in [-0.4, -0.2) is 26.5 Å². The molecule has 2 heterocycles. The number of rotatable bonds is 5. The maximum atomic E-state index is 4.64. The van der Waals surface area contributed by atoms with E-state index in [-0.39, 0.29) is 5.41 Å². The lowest BCUT2D eigenvalue weighted by molar-refractivity contribution is 0.535. The number of nitrogens with zero attached hydrogens (tertiary/aromatic N) is 4. The van der Waals surface area contributed by atoms with Gasteiger partial charge in [0.1, 0.15) is 0 Å². The highest BCUT2D eigenvalue weighted by atomic mass is 32.1. The van der Waals surface area contributed by atoms with Crippen LogP contribution in [-0.2, 0) is 18.5 Å². The van der Waals surface area contributed by atoms with Crippen LogP contribution in [0.5, 0.6) is 0 Å². The highest BCUT2D eigenvalue weighted by Gasteiger charge is 2.17. The van der Waals surface area contributed by atoms with Crippen molar-refractivity contribution in [2.75, 3.05) is 6.54 Å². The third kappa shape index (κ3) is 3.61. The molecule has 0 aliphatic carbocycles. The maximum Gasteiger partial charge on any atom is 0.0982 e. The van der Waals surface area contributed by atoms with Crippen LogP contribution in [0.2, 0.25) is 0 Å². The van der Waals surface area contributed by atoms with Gasteiger partial charge in [-0.25, -0.2) is 4.98 Å². The fraction of sp³-hybridized carbons (Fsp3) is 0.583. The van der Waals surface area contributed by atoms with E-state index in [4.69, 9.17) is 0 Å². The van der Waals surface area contributed by atoms with Crippen LogP contribution in [0.15, 0.2) is 17.8 Å². The fourth-order valence-electron chi connectivity index (χ4n) is 1.49. The summed E-state index contributed by atoms with van der Waals surface area (Å²) in [5.41, 5.74) is 1.26. The largest absolute Gasteiger partial charge is 0.309 e. The second kappa shape index (κ2) is 5.58. The van der Waals surface area contributed by atoms with Gasteiger partial charge in [-0.05, 0) is 0 Å². The van der Waals surface area contributed by atoms with E-state index in [1.54, 1.807) is 17.5 Å². The van der Waals surface area contributed by atoms with Crippen LogP contribution < -0.4 is 5.32 Å². The summed E-state index contributed by atoms with van der Waals surface area (Å²) < 4.78 is 1.81. The Bertz CT molecular complexity index is 469. The molecular formula is C12H19N5S. The predicted octanol–water partition coefficient (Wildman–Crippen LogP) is 1.82. The number of aromatic nitrogens is 4. The van der Waals surface area contributed by atoms with Crippen molar-refractivity contribution in [3.8, 4) is 0 Å². The minimum atomic E-state index is 0.143. The van der Waals surface area contributed by atoms with E-state index in [0.29, 0.717) is 0 Å². The molecule has 0 aliphatic rings. The molecule has 0 atom stereocenters. The molecule has 98 valence electrons. The Balaban J connectivity index is 1.75. The second-order valence-electron chi connectivity index (χ2n) is 5.24. The van der Waals surface area contributed by atoms with Crippen molar-refractivity contribution in [2.45, 2.75) is 39.3 Å². The summed E-state index contributed by atoms with van der Waals surface area (Å²) in [6, 6.07) is 0. The van der Waals surface area contributed by atoms with Gasteiger partial charge >= 0.3 is 0 Å². The van der Waals surface area contributed by atoms with Crippen LogP contribution in [0.3, 0.4) is 0 Å². The van der Waals surface area contributed by atoms with Crippen molar-refractivity contribution in [2.24, 2.45) is 0 Å². The van der Waals surface area contributed by atoms with Crippen molar-refractivity contribution in [3.05, 3.63) is 28.5 Å². The zero-order valence-corrected chi connectivity index (χ0v) is 11.9. The van der Waals surface area contributed by atoms with Gasteiger partial charge in [0.05, 0.1) is 23.4 Å². The van der Waals surface area contributed by atoms with Crippen molar-refractivity contribution in [1.82, 2.24) is 25.3 Å². The molecule has 6 heteroatoms. The molecule has 0 saturated heterocycles. The second-order valence-corrected chi connectivity index (χ2v) is 6.10. The molecule has 2 aromatic heterocycles. The van der Waals surface area contributed by atoms with Gasteiger partial charge in [-0.3, -0.25) is 4.68 Å². The minimum absolute atomic E-state index is 0.143. The van der Waals surface area contributed by atoms with Gasteiger partial charge in [0.25, 0.3) is 0 Å². The number of hydrogen-bond acceptors (Lipinski definition) is 5. The molecule has 2 aromatic rings. The molecular weight excluding hydrogens is 246 g/mol. The predicted molar refractivity (Wildman–Crippen MR) is 72.5 cm³/mol. The van der Waals surface area contributed by atoms with Gasteiger partial charge in [-0.2, -0.15) is 0 Å². The average Bonchev–Trinajstić information content (AvgIpc) is 2.95. The summed E-state index contributed by atoms with van der Waals surface area (Å²) in [6.45, 7) is 9.07. The molecule has 0 bridgehead atoms. The van der Waals surface area contributed by atoms with E-state index in [1.807, 2.05) is 10.9 Å². The Hall–Kier alpha value is -1.27. The standard InChI is InChI=1S/C12H19N5S/c1-12(2,3)11-15-10(9-18-11)8-13-4-6-17-7-5-14-16-17/h5,7,9,13H,4,6,8H2,1-3H3. The first kappa shape index (κ1) is 13.2. The summed E-state index contributed by atoms with van der Waals surface area (Å²) in [7, 11) is 0. The molecule has 0 saturated carbocycles. The Labute approximate surface area is 111 Å². The smallest absolute Gasteiger partial charge is 0.0982 e. The Morgan fingerprint density at radius 2 is 2.22 bits per heavy atom. The van der Waals surface area contributed by atoms with E-state index < -0.39 is 0 Å². The molecule has 0 amide bonds. The lowest BCUT2D eigenvalue weighted by Crippen LogP contribution is -2.20. The average molecular weight is 265 g/mol. The van der Waals surface area contributed by atoms with Crippen molar-refractivity contribution in [1.29, 1.82) is 0 Å². The monoisotopic (exact) mass is 265 g/mol. The van der Waals surface area contributed by atoms with Gasteiger partial charge in [0.15, 0.2) is 0 Å². The quantitative estimate of drug-likeness (QED) is 0.838. The van der Waals surface area contributed by atoms with E-state index in [2.05, 4.69) is 46.8 Å². The van der Waals surface area contributed by atoms with Crippen LogP contribution in [0.1, 0.15) is 31.5 Å². The molecule has 0 spiro atoms. The van der Waals surface area contributed by atoms with Gasteiger partial charge in [0, 0.05) is 30.1 Å². The zero-order chi connectivity index (χ0) is 13.0. The van der Waals surface area contributed by atoms with Crippen LogP contribution in [0.25, 0.3) is 0 Å². The molecule has 0 fully saturated rings. The number of hydrogen-bond donors (Lipinski definition) is 1. The Morgan fingerprint density at radius 1 is 1.39 bits per heavy atom. The van der Waals surface area contributed by atoms with E-state index in [9.17, 15) is 0 Å². The van der Waals surface area contributed by atoms with Crippen LogP contribution >= 0.6 is 11.3 Å². The van der Waals surface area contributed by atoms with Crippen LogP contribution in [0.4, 0.5) is 0 Å². The summed E-state index contributed by atoms with van der Waals surface area (Å²) >= 11 is 1.73. The summed E-state index contributed by atoms with van der Waals surface area (Å²) in [4.78, 5) is 4.64. The van der Waals surface area contributed by atoms with Crippen LogP contribution in [0, 0.1) is 0 Å². The SMILES string of the molecule is CC(C)(C)c1nc(CNCCn2ccnn2)cs1. The third-order valence-electron chi connectivity index (χ3n) is 2.49. The molecule has 1 N–H and O–H groups in total. The van der Waals surface area contributed by atoms with Gasteiger partial charge < -0.3 is 5.32 Å². The molecule has 18 heavy (non-hydrogen) atoms. The zero-order valence-electron chi connectivity index (χ0n) is 11.1. The first-order chi connectivity index (χ1) is 8.55. The molecule has 0 unspecified atom stereocenters. The first-order valence-corrected chi connectivity index (χ1v) is 6.93. The molecule has 2 rings (SSSR count). The molecule has 0 radical (unpaired) electrons. The molecule has 0 aliphatic heterocycles. The van der Waals surface area contributed by atoms with Gasteiger partial charge in [0.2, 0.25) is 0 Å². The van der Waals surface area contributed by atoms with E-state index in [1.165, 1.54) is 5.01 Å². The van der Waals surface area contributed by atoms with Gasteiger partial charge in [-0.1, -0.05) is 26.0 Å². The fourth-order valence-corrected chi connectivity index (χ4v) is 2.40. The number of thiazole rings is 1. The minimum Gasteiger partial charge on any atom is -0.309 e. The topological polar surface area (TPSA) is 55.6 Å². The van der Waals surface area contributed by atoms with E-state index in [0.717, 1.165) is 25.3 Å². The Morgan fingerprint density at radius 3 is 2.83 bits per heavy atom. The summed E-state index contributed by atoms with van der Waals surface area (Å²) in [6.07, 6.45) is 3.55. The van der Waals surface area contributed by atoms with Crippen molar-refractivity contribution in [3.63, 3.8) is 0 Å². The summed E-state index contributed by atoms with van der Waals surface area (Å²) in [5, 5.41) is 14.4. The van der Waals surface area contributed by atoms with Crippen molar-refractivity contribution >= 4 is 11.3 Å². The van der Waals surface area contributed by atoms with Gasteiger partial charge in [-0.15, -0.1) is 16.4 Å². The maximum absolute atomic E-state index is 4.64. The Kier molecular flexibility index (Phi) is 4.08. The summed E-state index contributed by atoms with van der Waals surface area (Å²) in [5.74, 6) is 0. The highest BCUT2D eigenvalue weighted by molar-refractivity contribution is 7.09. The highest BCUT2D eigenvalue weighted by Crippen LogP contribution is 2.25. The first-order valence-electron chi connectivity index (χ1n) is 6.05. The molecule has 5 nitrogen and oxygen atoms in total. The normalized spacial score (nSPS) is 11.9. The number of nitrogens with one attached hydrogen (secondary N) is 1. The molecule has 0 aromatic carbocycles. The lowest BCUT2D eigenvalue weighted by Gasteiger charge is -2.13. The third-order valence-corrected chi connectivity index (χ3v) is 3.81. The van der Waals surface area contributed by atoms with Crippen molar-refractivity contribution < 1.29 is 0 Å². The van der Waals surface area contributed by atoms with E-state index >= 15 is 0 Å². The lowest BCUT2D eigenvalue weighted by atomic mass is 9.98.